The van der Waals surface area contributed by atoms with Crippen LogP contribution in [0, 0.1) is 5.82 Å². The number of hydrogen-bond donors (Lipinski definition) is 0. The van der Waals surface area contributed by atoms with Crippen LogP contribution in [0.25, 0.3) is 11.3 Å². The van der Waals surface area contributed by atoms with E-state index in [1.807, 2.05) is 0 Å². The van der Waals surface area contributed by atoms with Crippen LogP contribution < -0.4 is 0 Å². The largest absolute Gasteiger partial charge is 0.295 e. The Bertz CT molecular complexity index is 537. The van der Waals surface area contributed by atoms with E-state index in [9.17, 15) is 9.18 Å². The van der Waals surface area contributed by atoms with E-state index < -0.39 is 0 Å². The average Bonchev–Trinajstić information content (AvgIpc) is 2.30. The zero-order valence-electron chi connectivity index (χ0n) is 8.77. The van der Waals surface area contributed by atoms with E-state index in [1.165, 1.54) is 25.3 Å². The minimum atomic E-state index is -0.386. The quantitative estimate of drug-likeness (QED) is 0.720. The van der Waals surface area contributed by atoms with Gasteiger partial charge >= 0.3 is 0 Å². The number of ketones is 1. The Labute approximate surface area is 92.8 Å². The third kappa shape index (κ3) is 1.98. The van der Waals surface area contributed by atoms with Crippen LogP contribution in [0.2, 0.25) is 0 Å². The van der Waals surface area contributed by atoms with E-state index in [0.29, 0.717) is 11.1 Å². The molecule has 0 amide bonds. The van der Waals surface area contributed by atoms with Crippen molar-refractivity contribution in [3.63, 3.8) is 0 Å². The summed E-state index contributed by atoms with van der Waals surface area (Å²) in [5.74, 6) is -0.429. The predicted molar refractivity (Wildman–Crippen MR) is 59.6 cm³/mol. The van der Waals surface area contributed by atoms with Crippen molar-refractivity contribution in [1.29, 1.82) is 0 Å². The van der Waals surface area contributed by atoms with Crippen LogP contribution in [0.4, 0.5) is 4.39 Å². The molecule has 0 fully saturated rings. The van der Waals surface area contributed by atoms with Gasteiger partial charge in [-0.2, -0.15) is 0 Å². The monoisotopic (exact) mass is 215 g/mol. The number of rotatable bonds is 2. The first-order valence-electron chi connectivity index (χ1n) is 4.90. The molecule has 2 aromatic rings. The highest BCUT2D eigenvalue weighted by Crippen LogP contribution is 2.20. The summed E-state index contributed by atoms with van der Waals surface area (Å²) < 4.78 is 13.5. The minimum absolute atomic E-state index is 0.0433. The maximum absolute atomic E-state index is 13.5. The van der Waals surface area contributed by atoms with Crippen LogP contribution in [0.5, 0.6) is 0 Å². The SMILES string of the molecule is CC(=O)c1cccc(-c2ncccc2F)c1. The molecule has 0 bridgehead atoms. The van der Waals surface area contributed by atoms with Gasteiger partial charge in [0.2, 0.25) is 0 Å². The van der Waals surface area contributed by atoms with E-state index in [-0.39, 0.29) is 17.3 Å². The van der Waals surface area contributed by atoms with Gasteiger partial charge in [-0.3, -0.25) is 9.78 Å². The maximum atomic E-state index is 13.5. The first-order valence-corrected chi connectivity index (χ1v) is 4.90. The highest BCUT2D eigenvalue weighted by Gasteiger charge is 2.07. The second kappa shape index (κ2) is 4.23. The summed E-state index contributed by atoms with van der Waals surface area (Å²) in [6.45, 7) is 1.48. The molecule has 0 aliphatic rings. The van der Waals surface area contributed by atoms with Crippen molar-refractivity contribution >= 4 is 5.78 Å². The first-order chi connectivity index (χ1) is 7.68. The van der Waals surface area contributed by atoms with Crippen LogP contribution in [0.1, 0.15) is 17.3 Å². The van der Waals surface area contributed by atoms with E-state index in [1.54, 1.807) is 24.3 Å². The Balaban J connectivity index is 2.53. The van der Waals surface area contributed by atoms with Crippen molar-refractivity contribution in [1.82, 2.24) is 4.98 Å². The molecule has 0 radical (unpaired) electrons. The number of halogens is 1. The molecule has 0 aliphatic heterocycles. The topological polar surface area (TPSA) is 30.0 Å². The maximum Gasteiger partial charge on any atom is 0.159 e. The molecule has 0 N–H and O–H groups in total. The van der Waals surface area contributed by atoms with Crippen molar-refractivity contribution < 1.29 is 9.18 Å². The summed E-state index contributed by atoms with van der Waals surface area (Å²) in [5, 5.41) is 0. The average molecular weight is 215 g/mol. The van der Waals surface area contributed by atoms with E-state index in [0.717, 1.165) is 0 Å². The van der Waals surface area contributed by atoms with E-state index in [2.05, 4.69) is 4.98 Å². The van der Waals surface area contributed by atoms with Gasteiger partial charge in [0, 0.05) is 17.3 Å². The van der Waals surface area contributed by atoms with Crippen molar-refractivity contribution in [2.45, 2.75) is 6.92 Å². The summed E-state index contributed by atoms with van der Waals surface area (Å²) in [7, 11) is 0. The van der Waals surface area contributed by atoms with Crippen molar-refractivity contribution in [2.24, 2.45) is 0 Å². The van der Waals surface area contributed by atoms with Gasteiger partial charge in [0.05, 0.1) is 0 Å². The van der Waals surface area contributed by atoms with Gasteiger partial charge < -0.3 is 0 Å². The standard InChI is InChI=1S/C13H10FNO/c1-9(16)10-4-2-5-11(8-10)13-12(14)6-3-7-15-13/h2-8H,1H3. The molecule has 0 atom stereocenters. The summed E-state index contributed by atoms with van der Waals surface area (Å²) in [6, 6.07) is 9.69. The van der Waals surface area contributed by atoms with Crippen LogP contribution in [0.3, 0.4) is 0 Å². The van der Waals surface area contributed by atoms with Crippen LogP contribution >= 0.6 is 0 Å². The highest BCUT2D eigenvalue weighted by atomic mass is 19.1. The third-order valence-corrected chi connectivity index (χ3v) is 2.30. The molecule has 0 saturated carbocycles. The molecule has 0 spiro atoms. The van der Waals surface area contributed by atoms with E-state index >= 15 is 0 Å². The number of benzene rings is 1. The lowest BCUT2D eigenvalue weighted by molar-refractivity contribution is 0.101. The molecular weight excluding hydrogens is 205 g/mol. The minimum Gasteiger partial charge on any atom is -0.295 e. The second-order valence-electron chi connectivity index (χ2n) is 3.47. The number of Topliss-reactive ketones (excluding diaryl/α,β-unsaturated/α-hetero) is 1. The number of aromatic nitrogens is 1. The number of carbonyl (C=O) groups excluding carboxylic acids is 1. The van der Waals surface area contributed by atoms with Gasteiger partial charge in [-0.15, -0.1) is 0 Å². The summed E-state index contributed by atoms with van der Waals surface area (Å²) in [5.41, 5.74) is 1.44. The zero-order chi connectivity index (χ0) is 11.5. The number of hydrogen-bond acceptors (Lipinski definition) is 2. The summed E-state index contributed by atoms with van der Waals surface area (Å²) >= 11 is 0. The van der Waals surface area contributed by atoms with Crippen molar-refractivity contribution in [3.8, 4) is 11.3 Å². The Kier molecular flexibility index (Phi) is 2.77. The molecule has 1 aromatic heterocycles. The number of carbonyl (C=O) groups is 1. The van der Waals surface area contributed by atoms with Gasteiger partial charge in [0.1, 0.15) is 11.5 Å². The Morgan fingerprint density at radius 3 is 2.75 bits per heavy atom. The summed E-state index contributed by atoms with van der Waals surface area (Å²) in [6.07, 6.45) is 1.53. The molecule has 1 aromatic carbocycles. The van der Waals surface area contributed by atoms with Gasteiger partial charge in [0.25, 0.3) is 0 Å². The third-order valence-electron chi connectivity index (χ3n) is 2.30. The zero-order valence-corrected chi connectivity index (χ0v) is 8.77. The lowest BCUT2D eigenvalue weighted by Crippen LogP contribution is -1.94. The summed E-state index contributed by atoms with van der Waals surface area (Å²) in [4.78, 5) is 15.2. The molecule has 0 unspecified atom stereocenters. The highest BCUT2D eigenvalue weighted by molar-refractivity contribution is 5.95. The fourth-order valence-electron chi connectivity index (χ4n) is 1.48. The van der Waals surface area contributed by atoms with Gasteiger partial charge in [-0.05, 0) is 25.1 Å². The Hall–Kier alpha value is -2.03. The van der Waals surface area contributed by atoms with Crippen LogP contribution in [-0.2, 0) is 0 Å². The van der Waals surface area contributed by atoms with Gasteiger partial charge in [-0.1, -0.05) is 18.2 Å². The number of nitrogens with zero attached hydrogens (tertiary/aromatic N) is 1. The van der Waals surface area contributed by atoms with Gasteiger partial charge in [-0.25, -0.2) is 4.39 Å². The molecular formula is C13H10FNO. The van der Waals surface area contributed by atoms with E-state index in [4.69, 9.17) is 0 Å². The molecule has 2 rings (SSSR count). The van der Waals surface area contributed by atoms with Crippen molar-refractivity contribution in [3.05, 3.63) is 54.0 Å². The Morgan fingerprint density at radius 1 is 1.25 bits per heavy atom. The first kappa shape index (κ1) is 10.5. The lowest BCUT2D eigenvalue weighted by atomic mass is 10.1. The number of pyridine rings is 1. The normalized spacial score (nSPS) is 10.1. The fraction of sp³-hybridized carbons (Fsp3) is 0.0769. The van der Waals surface area contributed by atoms with Crippen molar-refractivity contribution in [2.75, 3.05) is 0 Å². The molecule has 1 heterocycles. The van der Waals surface area contributed by atoms with Crippen LogP contribution in [-0.4, -0.2) is 10.8 Å². The van der Waals surface area contributed by atoms with Gasteiger partial charge in [0.15, 0.2) is 5.78 Å². The molecule has 16 heavy (non-hydrogen) atoms. The lowest BCUT2D eigenvalue weighted by Gasteiger charge is -2.03. The smallest absolute Gasteiger partial charge is 0.159 e. The molecule has 3 heteroatoms. The predicted octanol–water partition coefficient (Wildman–Crippen LogP) is 3.09. The molecule has 0 aliphatic carbocycles. The molecule has 0 saturated heterocycles. The fourth-order valence-corrected chi connectivity index (χ4v) is 1.48. The Morgan fingerprint density at radius 2 is 2.06 bits per heavy atom. The molecule has 80 valence electrons. The molecule has 2 nitrogen and oxygen atoms in total. The second-order valence-corrected chi connectivity index (χ2v) is 3.47. The van der Waals surface area contributed by atoms with Crippen LogP contribution in [0.15, 0.2) is 42.6 Å².